The number of carbonyl (C=O) groups excluding carboxylic acids is 2. The fourth-order valence-corrected chi connectivity index (χ4v) is 3.41. The van der Waals surface area contributed by atoms with Gasteiger partial charge in [-0.15, -0.1) is 0 Å². The number of anilines is 3. The lowest BCUT2D eigenvalue weighted by atomic mass is 10.2. The van der Waals surface area contributed by atoms with Crippen LogP contribution in [-0.2, 0) is 4.79 Å². The number of amides is 2. The molecular formula is C18H21N9O2. The van der Waals surface area contributed by atoms with Crippen molar-refractivity contribution in [2.45, 2.75) is 31.3 Å². The van der Waals surface area contributed by atoms with Crippen LogP contribution in [0.25, 0.3) is 5.65 Å². The molecule has 29 heavy (non-hydrogen) atoms. The van der Waals surface area contributed by atoms with Crippen LogP contribution in [0.3, 0.4) is 0 Å². The zero-order chi connectivity index (χ0) is 20.0. The summed E-state index contributed by atoms with van der Waals surface area (Å²) in [5.41, 5.74) is 1.59. The maximum atomic E-state index is 12.5. The fourth-order valence-electron chi connectivity index (χ4n) is 3.41. The van der Waals surface area contributed by atoms with Crippen LogP contribution in [0.15, 0.2) is 24.7 Å². The molecule has 150 valence electrons. The Morgan fingerprint density at radius 1 is 1.24 bits per heavy atom. The molecule has 3 aromatic heterocycles. The largest absolute Gasteiger partial charge is 0.373 e. The maximum absolute atomic E-state index is 12.5. The van der Waals surface area contributed by atoms with Gasteiger partial charge in [-0.3, -0.25) is 14.3 Å². The van der Waals surface area contributed by atoms with E-state index in [9.17, 15) is 9.59 Å². The summed E-state index contributed by atoms with van der Waals surface area (Å²) < 4.78 is 3.24. The van der Waals surface area contributed by atoms with Gasteiger partial charge in [0.25, 0.3) is 5.91 Å². The van der Waals surface area contributed by atoms with Gasteiger partial charge in [-0.05, 0) is 19.3 Å². The molecule has 2 fully saturated rings. The highest BCUT2D eigenvalue weighted by Gasteiger charge is 2.27. The second kappa shape index (κ2) is 6.76. The van der Waals surface area contributed by atoms with E-state index in [2.05, 4.69) is 36.4 Å². The molecule has 1 unspecified atom stereocenters. The van der Waals surface area contributed by atoms with Crippen molar-refractivity contribution in [3.63, 3.8) is 0 Å². The van der Waals surface area contributed by atoms with Gasteiger partial charge in [0, 0.05) is 31.9 Å². The van der Waals surface area contributed by atoms with Gasteiger partial charge >= 0.3 is 0 Å². The first kappa shape index (κ1) is 17.5. The number of carbonyl (C=O) groups is 2. The van der Waals surface area contributed by atoms with Gasteiger partial charge in [0.15, 0.2) is 5.65 Å². The van der Waals surface area contributed by atoms with Gasteiger partial charge in [-0.2, -0.15) is 14.7 Å². The van der Waals surface area contributed by atoms with Crippen LogP contribution in [0.2, 0.25) is 0 Å². The Morgan fingerprint density at radius 2 is 2.10 bits per heavy atom. The third-order valence-electron chi connectivity index (χ3n) is 5.10. The summed E-state index contributed by atoms with van der Waals surface area (Å²) in [5, 5.41) is 20.6. The second-order valence-corrected chi connectivity index (χ2v) is 7.25. The minimum absolute atomic E-state index is 0.0257. The Morgan fingerprint density at radius 3 is 2.83 bits per heavy atom. The van der Waals surface area contributed by atoms with Crippen molar-refractivity contribution in [1.82, 2.24) is 35.0 Å². The molecule has 2 amide bonds. The molecule has 0 radical (unpaired) electrons. The van der Waals surface area contributed by atoms with Crippen LogP contribution < -0.4 is 21.3 Å². The molecule has 11 nitrogen and oxygen atoms in total. The van der Waals surface area contributed by atoms with Crippen molar-refractivity contribution in [2.24, 2.45) is 0 Å². The van der Waals surface area contributed by atoms with E-state index >= 15 is 0 Å². The quantitative estimate of drug-likeness (QED) is 0.482. The molecule has 11 heteroatoms. The van der Waals surface area contributed by atoms with E-state index in [0.717, 1.165) is 12.8 Å². The van der Waals surface area contributed by atoms with E-state index in [1.165, 1.54) is 6.20 Å². The highest BCUT2D eigenvalue weighted by atomic mass is 16.2. The summed E-state index contributed by atoms with van der Waals surface area (Å²) >= 11 is 0. The molecule has 3 aromatic rings. The predicted octanol–water partition coefficient (Wildman–Crippen LogP) is 0.664. The van der Waals surface area contributed by atoms with Crippen LogP contribution in [0.1, 0.15) is 35.7 Å². The SMILES string of the molecule is CNc1cc(Nc2cnn(C3CCNC3=O)c2)nc2c(C(=O)NC3CC3)cnn12. The average molecular weight is 395 g/mol. The summed E-state index contributed by atoms with van der Waals surface area (Å²) in [4.78, 5) is 29.0. The van der Waals surface area contributed by atoms with Gasteiger partial charge in [0.05, 0.1) is 18.1 Å². The first-order valence-corrected chi connectivity index (χ1v) is 9.58. The van der Waals surface area contributed by atoms with Crippen LogP contribution in [0.5, 0.6) is 0 Å². The number of rotatable bonds is 6. The average Bonchev–Trinajstić information content (AvgIpc) is 3.09. The smallest absolute Gasteiger partial charge is 0.256 e. The van der Waals surface area contributed by atoms with Crippen LogP contribution in [0, 0.1) is 0 Å². The lowest BCUT2D eigenvalue weighted by Gasteiger charge is -2.09. The molecule has 1 saturated carbocycles. The summed E-state index contributed by atoms with van der Waals surface area (Å²) in [7, 11) is 1.78. The third kappa shape index (κ3) is 3.24. The molecule has 0 bridgehead atoms. The van der Waals surface area contributed by atoms with E-state index in [-0.39, 0.29) is 23.9 Å². The number of aromatic nitrogens is 5. The van der Waals surface area contributed by atoms with E-state index in [4.69, 9.17) is 0 Å². The number of hydrogen-bond acceptors (Lipinski definition) is 7. The number of fused-ring (bicyclic) bond motifs is 1. The van der Waals surface area contributed by atoms with E-state index in [0.29, 0.717) is 41.5 Å². The van der Waals surface area contributed by atoms with Crippen molar-refractivity contribution in [1.29, 1.82) is 0 Å². The van der Waals surface area contributed by atoms with E-state index in [1.807, 2.05) is 0 Å². The minimum Gasteiger partial charge on any atom is -0.373 e. The molecule has 1 aliphatic heterocycles. The van der Waals surface area contributed by atoms with Crippen LogP contribution in [0.4, 0.5) is 17.3 Å². The van der Waals surface area contributed by atoms with Gasteiger partial charge in [-0.1, -0.05) is 0 Å². The summed E-state index contributed by atoms with van der Waals surface area (Å²) in [6, 6.07) is 1.75. The Labute approximate surface area is 165 Å². The molecule has 1 saturated heterocycles. The Kier molecular flexibility index (Phi) is 4.07. The van der Waals surface area contributed by atoms with Crippen molar-refractivity contribution >= 4 is 34.8 Å². The highest BCUT2D eigenvalue weighted by molar-refractivity contribution is 6.00. The van der Waals surface area contributed by atoms with Crippen molar-refractivity contribution < 1.29 is 9.59 Å². The molecular weight excluding hydrogens is 374 g/mol. The molecule has 4 heterocycles. The lowest BCUT2D eigenvalue weighted by molar-refractivity contribution is -0.122. The van der Waals surface area contributed by atoms with Crippen LogP contribution >= 0.6 is 0 Å². The molecule has 5 rings (SSSR count). The van der Waals surface area contributed by atoms with Crippen molar-refractivity contribution in [3.05, 3.63) is 30.2 Å². The normalized spacial score (nSPS) is 18.7. The number of nitrogens with one attached hydrogen (secondary N) is 4. The van der Waals surface area contributed by atoms with Crippen molar-refractivity contribution in [2.75, 3.05) is 24.2 Å². The molecule has 2 aliphatic rings. The van der Waals surface area contributed by atoms with Gasteiger partial charge in [0.1, 0.15) is 23.2 Å². The number of hydrogen-bond donors (Lipinski definition) is 4. The molecule has 4 N–H and O–H groups in total. The van der Waals surface area contributed by atoms with E-state index in [1.54, 1.807) is 34.7 Å². The fraction of sp³-hybridized carbons (Fsp3) is 0.389. The zero-order valence-electron chi connectivity index (χ0n) is 15.8. The first-order valence-electron chi connectivity index (χ1n) is 9.58. The van der Waals surface area contributed by atoms with Gasteiger partial charge in [-0.25, -0.2) is 4.98 Å². The molecule has 1 aliphatic carbocycles. The van der Waals surface area contributed by atoms with Gasteiger partial charge in [0.2, 0.25) is 5.91 Å². The zero-order valence-corrected chi connectivity index (χ0v) is 15.8. The van der Waals surface area contributed by atoms with Crippen molar-refractivity contribution in [3.8, 4) is 0 Å². The predicted molar refractivity (Wildman–Crippen MR) is 105 cm³/mol. The Bertz CT molecular complexity index is 1100. The highest BCUT2D eigenvalue weighted by Crippen LogP contribution is 2.24. The third-order valence-corrected chi connectivity index (χ3v) is 5.10. The Hall–Kier alpha value is -3.63. The summed E-state index contributed by atoms with van der Waals surface area (Å²) in [6.07, 6.45) is 7.68. The monoisotopic (exact) mass is 395 g/mol. The molecule has 0 spiro atoms. The second-order valence-electron chi connectivity index (χ2n) is 7.25. The Balaban J connectivity index is 1.44. The minimum atomic E-state index is -0.290. The van der Waals surface area contributed by atoms with Crippen LogP contribution in [-0.4, -0.2) is 55.8 Å². The standard InChI is InChI=1S/C18H21N9O2/c1-19-15-6-14(23-11-7-21-26(9-11)13-4-5-20-18(13)29)25-16-12(8-22-27(15)16)17(28)24-10-2-3-10/h6-10,13,19H,2-5H2,1H3,(H,20,29)(H,23,25)(H,24,28). The molecule has 0 aromatic carbocycles. The lowest BCUT2D eigenvalue weighted by Crippen LogP contribution is -2.25. The maximum Gasteiger partial charge on any atom is 0.256 e. The van der Waals surface area contributed by atoms with Gasteiger partial charge < -0.3 is 21.3 Å². The molecule has 1 atom stereocenters. The summed E-state index contributed by atoms with van der Waals surface area (Å²) in [5.74, 6) is 1.03. The summed E-state index contributed by atoms with van der Waals surface area (Å²) in [6.45, 7) is 0.656. The topological polar surface area (TPSA) is 130 Å². The number of nitrogens with zero attached hydrogens (tertiary/aromatic N) is 5. The first-order chi connectivity index (χ1) is 14.1. The van der Waals surface area contributed by atoms with E-state index < -0.39 is 0 Å².